The lowest BCUT2D eigenvalue weighted by Crippen LogP contribution is -2.30. The van der Waals surface area contributed by atoms with Crippen LogP contribution >= 0.6 is 0 Å². The van der Waals surface area contributed by atoms with Crippen LogP contribution in [-0.4, -0.2) is 38.8 Å². The van der Waals surface area contributed by atoms with E-state index in [1.165, 1.54) is 32.4 Å². The molecule has 0 aromatic heterocycles. The number of ether oxygens (including phenoxy) is 2. The molecule has 1 fully saturated rings. The quantitative estimate of drug-likeness (QED) is 0.642. The van der Waals surface area contributed by atoms with Gasteiger partial charge in [0.15, 0.2) is 11.5 Å². The zero-order valence-electron chi connectivity index (χ0n) is 12.6. The first kappa shape index (κ1) is 15.0. The summed E-state index contributed by atoms with van der Waals surface area (Å²) in [5.74, 6) is 2.36. The summed E-state index contributed by atoms with van der Waals surface area (Å²) in [6.07, 6.45) is 5.00. The summed E-state index contributed by atoms with van der Waals surface area (Å²) < 4.78 is 11.1. The Morgan fingerprint density at radius 2 is 2.00 bits per heavy atom. The summed E-state index contributed by atoms with van der Waals surface area (Å²) in [4.78, 5) is 2.41. The highest BCUT2D eigenvalue weighted by molar-refractivity contribution is 5.51. The number of rotatable bonds is 6. The van der Waals surface area contributed by atoms with E-state index < -0.39 is 0 Å². The van der Waals surface area contributed by atoms with Gasteiger partial charge in [0.05, 0.1) is 13.7 Å². The van der Waals surface area contributed by atoms with Crippen LogP contribution in [0.2, 0.25) is 0 Å². The molecule has 112 valence electrons. The Bertz CT molecular complexity index is 415. The van der Waals surface area contributed by atoms with Crippen LogP contribution in [0.4, 0.5) is 5.69 Å². The Labute approximate surface area is 121 Å². The Hall–Kier alpha value is -1.42. The zero-order valence-corrected chi connectivity index (χ0v) is 12.6. The number of hydrogen-bond acceptors (Lipinski definition) is 4. The van der Waals surface area contributed by atoms with Crippen molar-refractivity contribution in [3.63, 3.8) is 0 Å². The predicted molar refractivity (Wildman–Crippen MR) is 82.4 cm³/mol. The fourth-order valence-corrected chi connectivity index (χ4v) is 2.71. The van der Waals surface area contributed by atoms with E-state index in [4.69, 9.17) is 15.2 Å². The van der Waals surface area contributed by atoms with Gasteiger partial charge in [-0.2, -0.15) is 0 Å². The largest absolute Gasteiger partial charge is 0.493 e. The van der Waals surface area contributed by atoms with Crippen LogP contribution in [0.1, 0.15) is 25.7 Å². The summed E-state index contributed by atoms with van der Waals surface area (Å²) in [6, 6.07) is 5.52. The molecular formula is C16H26N2O2. The highest BCUT2D eigenvalue weighted by atomic mass is 16.5. The average molecular weight is 278 g/mol. The zero-order chi connectivity index (χ0) is 14.4. The molecular weight excluding hydrogens is 252 g/mol. The summed E-state index contributed by atoms with van der Waals surface area (Å²) in [5, 5.41) is 0. The molecule has 0 spiro atoms. The third-order valence-corrected chi connectivity index (χ3v) is 4.04. The SMILES string of the molecule is COc1cc(N)ccc1OCCCC1CCN(C)CC1. The van der Waals surface area contributed by atoms with Gasteiger partial charge in [0.2, 0.25) is 0 Å². The van der Waals surface area contributed by atoms with Crippen molar-refractivity contribution >= 4 is 5.69 Å². The topological polar surface area (TPSA) is 47.7 Å². The molecule has 1 aliphatic heterocycles. The Kier molecular flexibility index (Phi) is 5.53. The molecule has 0 saturated carbocycles. The molecule has 0 unspecified atom stereocenters. The molecule has 4 nitrogen and oxygen atoms in total. The second-order valence-electron chi connectivity index (χ2n) is 5.65. The van der Waals surface area contributed by atoms with E-state index in [0.717, 1.165) is 24.7 Å². The molecule has 4 heteroatoms. The molecule has 1 aliphatic rings. The first-order chi connectivity index (χ1) is 9.69. The van der Waals surface area contributed by atoms with Gasteiger partial charge in [0.1, 0.15) is 0 Å². The summed E-state index contributed by atoms with van der Waals surface area (Å²) in [5.41, 5.74) is 6.42. The number of likely N-dealkylation sites (tertiary alicyclic amines) is 1. The molecule has 2 N–H and O–H groups in total. The van der Waals surface area contributed by atoms with Gasteiger partial charge >= 0.3 is 0 Å². The lowest BCUT2D eigenvalue weighted by molar-refractivity contribution is 0.199. The molecule has 0 bridgehead atoms. The second-order valence-corrected chi connectivity index (χ2v) is 5.65. The smallest absolute Gasteiger partial charge is 0.162 e. The molecule has 1 aromatic carbocycles. The highest BCUT2D eigenvalue weighted by Crippen LogP contribution is 2.29. The lowest BCUT2D eigenvalue weighted by Gasteiger charge is -2.28. The molecule has 1 heterocycles. The van der Waals surface area contributed by atoms with Gasteiger partial charge in [0.25, 0.3) is 0 Å². The lowest BCUT2D eigenvalue weighted by atomic mass is 9.93. The van der Waals surface area contributed by atoms with Crippen molar-refractivity contribution < 1.29 is 9.47 Å². The Morgan fingerprint density at radius 1 is 1.25 bits per heavy atom. The third-order valence-electron chi connectivity index (χ3n) is 4.04. The van der Waals surface area contributed by atoms with Crippen LogP contribution in [0.25, 0.3) is 0 Å². The van der Waals surface area contributed by atoms with Gasteiger partial charge in [-0.3, -0.25) is 0 Å². The molecule has 2 rings (SSSR count). The number of hydrogen-bond donors (Lipinski definition) is 1. The maximum Gasteiger partial charge on any atom is 0.162 e. The van der Waals surface area contributed by atoms with Gasteiger partial charge < -0.3 is 20.1 Å². The van der Waals surface area contributed by atoms with Crippen LogP contribution in [-0.2, 0) is 0 Å². The fraction of sp³-hybridized carbons (Fsp3) is 0.625. The minimum atomic E-state index is 0.695. The van der Waals surface area contributed by atoms with E-state index in [2.05, 4.69) is 11.9 Å². The van der Waals surface area contributed by atoms with Crippen LogP contribution in [0, 0.1) is 5.92 Å². The molecule has 0 atom stereocenters. The third kappa shape index (κ3) is 4.30. The van der Waals surface area contributed by atoms with E-state index in [1.807, 2.05) is 12.1 Å². The van der Waals surface area contributed by atoms with E-state index in [9.17, 15) is 0 Å². The number of benzene rings is 1. The fourth-order valence-electron chi connectivity index (χ4n) is 2.71. The van der Waals surface area contributed by atoms with E-state index in [1.54, 1.807) is 13.2 Å². The average Bonchev–Trinajstić information content (AvgIpc) is 2.46. The van der Waals surface area contributed by atoms with E-state index in [-0.39, 0.29) is 0 Å². The van der Waals surface area contributed by atoms with Crippen LogP contribution < -0.4 is 15.2 Å². The minimum Gasteiger partial charge on any atom is -0.493 e. The van der Waals surface area contributed by atoms with Crippen LogP contribution in [0.15, 0.2) is 18.2 Å². The summed E-state index contributed by atoms with van der Waals surface area (Å²) in [7, 11) is 3.84. The molecule has 0 radical (unpaired) electrons. The van der Waals surface area contributed by atoms with Gasteiger partial charge in [-0.1, -0.05) is 0 Å². The number of methoxy groups -OCH3 is 1. The van der Waals surface area contributed by atoms with Crippen LogP contribution in [0.5, 0.6) is 11.5 Å². The first-order valence-corrected chi connectivity index (χ1v) is 7.44. The number of nitrogen functional groups attached to an aromatic ring is 1. The van der Waals surface area contributed by atoms with Gasteiger partial charge in [-0.05, 0) is 63.9 Å². The first-order valence-electron chi connectivity index (χ1n) is 7.44. The molecule has 20 heavy (non-hydrogen) atoms. The van der Waals surface area contributed by atoms with E-state index >= 15 is 0 Å². The maximum atomic E-state index is 5.80. The van der Waals surface area contributed by atoms with Gasteiger partial charge in [-0.15, -0.1) is 0 Å². The number of nitrogens with zero attached hydrogens (tertiary/aromatic N) is 1. The van der Waals surface area contributed by atoms with Crippen molar-refractivity contribution in [2.24, 2.45) is 5.92 Å². The number of anilines is 1. The molecule has 0 amide bonds. The van der Waals surface area contributed by atoms with E-state index in [0.29, 0.717) is 11.4 Å². The van der Waals surface area contributed by atoms with Gasteiger partial charge in [0, 0.05) is 11.8 Å². The maximum absolute atomic E-state index is 5.80. The van der Waals surface area contributed by atoms with Crippen molar-refractivity contribution in [1.29, 1.82) is 0 Å². The molecule has 0 aliphatic carbocycles. The molecule has 1 saturated heterocycles. The predicted octanol–water partition coefficient (Wildman–Crippen LogP) is 2.78. The van der Waals surface area contributed by atoms with Crippen molar-refractivity contribution in [3.8, 4) is 11.5 Å². The minimum absolute atomic E-state index is 0.695. The second kappa shape index (κ2) is 7.39. The molecule has 1 aromatic rings. The van der Waals surface area contributed by atoms with Crippen molar-refractivity contribution in [2.45, 2.75) is 25.7 Å². The number of piperidine rings is 1. The van der Waals surface area contributed by atoms with Crippen molar-refractivity contribution in [2.75, 3.05) is 39.6 Å². The monoisotopic (exact) mass is 278 g/mol. The normalized spacial score (nSPS) is 17.1. The van der Waals surface area contributed by atoms with Gasteiger partial charge in [-0.25, -0.2) is 0 Å². The summed E-state index contributed by atoms with van der Waals surface area (Å²) >= 11 is 0. The standard InChI is InChI=1S/C16H26N2O2/c1-18-9-7-13(8-10-18)4-3-11-20-15-6-5-14(17)12-16(15)19-2/h5-6,12-13H,3-4,7-11,17H2,1-2H3. The number of nitrogens with two attached hydrogens (primary N) is 1. The Balaban J connectivity index is 1.71. The van der Waals surface area contributed by atoms with Crippen LogP contribution in [0.3, 0.4) is 0 Å². The highest BCUT2D eigenvalue weighted by Gasteiger charge is 2.16. The van der Waals surface area contributed by atoms with Crippen molar-refractivity contribution in [3.05, 3.63) is 18.2 Å². The summed E-state index contributed by atoms with van der Waals surface area (Å²) in [6.45, 7) is 3.21. The van der Waals surface area contributed by atoms with Crippen molar-refractivity contribution in [1.82, 2.24) is 4.90 Å². The Morgan fingerprint density at radius 3 is 2.70 bits per heavy atom.